The lowest BCUT2D eigenvalue weighted by Gasteiger charge is -2.44. The zero-order valence-corrected chi connectivity index (χ0v) is 31.4. The number of benzene rings is 2. The highest BCUT2D eigenvalue weighted by atomic mass is 19.1. The number of likely N-dealkylation sites (tertiary alicyclic amines) is 1. The highest BCUT2D eigenvalue weighted by molar-refractivity contribution is 6.01. The Morgan fingerprint density at radius 2 is 1.82 bits per heavy atom. The molecule has 2 amide bonds. The van der Waals surface area contributed by atoms with Gasteiger partial charge >= 0.3 is 0 Å². The van der Waals surface area contributed by atoms with Crippen LogP contribution in [-0.4, -0.2) is 79.8 Å². The fourth-order valence-corrected chi connectivity index (χ4v) is 8.13. The number of amides is 2. The molecule has 5 aromatic rings. The van der Waals surface area contributed by atoms with E-state index in [9.17, 15) is 14.0 Å². The van der Waals surface area contributed by atoms with Crippen molar-refractivity contribution >= 4 is 29.0 Å². The van der Waals surface area contributed by atoms with Crippen LogP contribution in [0.25, 0.3) is 22.5 Å². The number of hydrogen-bond donors (Lipinski definition) is 3. The Hall–Kier alpha value is -5.76. The first kappa shape index (κ1) is 36.2. The lowest BCUT2D eigenvalue weighted by molar-refractivity contribution is -0.133. The molecule has 3 aliphatic heterocycles. The number of nitrogens with two attached hydrogens (primary N) is 1. The zero-order chi connectivity index (χ0) is 38.2. The molecular weight excluding hydrogens is 700 g/mol. The minimum absolute atomic E-state index is 0.210. The summed E-state index contributed by atoms with van der Waals surface area (Å²) in [6.45, 7) is 9.01. The molecule has 2 atom stereocenters. The van der Waals surface area contributed by atoms with E-state index in [1.807, 2.05) is 57.7 Å². The minimum Gasteiger partial charge on any atom is -0.482 e. The predicted octanol–water partition coefficient (Wildman–Crippen LogP) is 5.51. The second-order valence-electron chi connectivity index (χ2n) is 15.1. The number of carbonyl (C=O) groups is 2. The van der Waals surface area contributed by atoms with E-state index < -0.39 is 6.10 Å². The Kier molecular flexibility index (Phi) is 9.99. The SMILES string of the molecule is Cc1ncn(C2CCN(CC3CN(c4ccc(NC5CCC(=O)NC5=O)cc4)C3)CC2)c1-c1cnc(N)c(O[C@H](C)c2cc(F)ccc2-c2ccn(C)n2)c1. The maximum Gasteiger partial charge on any atom is 0.249 e. The molecule has 286 valence electrons. The van der Waals surface area contributed by atoms with E-state index in [4.69, 9.17) is 15.5 Å². The van der Waals surface area contributed by atoms with Crippen molar-refractivity contribution < 1.29 is 18.7 Å². The Labute approximate surface area is 319 Å². The molecule has 6 heterocycles. The third-order valence-electron chi connectivity index (χ3n) is 11.1. The maximum atomic E-state index is 14.5. The quantitative estimate of drug-likeness (QED) is 0.148. The summed E-state index contributed by atoms with van der Waals surface area (Å²) in [4.78, 5) is 37.8. The van der Waals surface area contributed by atoms with Crippen LogP contribution in [0.1, 0.15) is 56.0 Å². The van der Waals surface area contributed by atoms with Crippen LogP contribution in [0.5, 0.6) is 5.75 Å². The standard InChI is InChI=1S/C41H47FN10O3/c1-25-39(28-18-37(40(43)44-20-28)55-26(2)34-19-29(42)4-9-33(34)35-14-15-49(3)48-35)52(24-45-25)32-12-16-50(17-13-32)21-27-22-51(23-27)31-7-5-30(6-8-31)46-36-10-11-38(53)47-41(36)54/h4-9,14-15,18-20,24,26-27,32,36,46H,10-13,16-17,21-23H2,1-3H3,(H2,43,44)(H,47,53,54)/t26-,36?/m1/s1. The van der Waals surface area contributed by atoms with Gasteiger partial charge < -0.3 is 30.2 Å². The minimum atomic E-state index is -0.528. The Balaban J connectivity index is 0.865. The van der Waals surface area contributed by atoms with Gasteiger partial charge in [0.1, 0.15) is 18.0 Å². The smallest absolute Gasteiger partial charge is 0.249 e. The van der Waals surface area contributed by atoms with E-state index in [-0.39, 0.29) is 29.5 Å². The number of imide groups is 1. The third-order valence-corrected chi connectivity index (χ3v) is 11.1. The molecule has 4 N–H and O–H groups in total. The van der Waals surface area contributed by atoms with Crippen LogP contribution in [0.4, 0.5) is 21.6 Å². The first-order valence-corrected chi connectivity index (χ1v) is 19.0. The van der Waals surface area contributed by atoms with Gasteiger partial charge in [-0.05, 0) is 87.7 Å². The second-order valence-corrected chi connectivity index (χ2v) is 15.1. The molecule has 0 saturated carbocycles. The molecule has 3 fully saturated rings. The molecular formula is C41H47FN10O3. The average Bonchev–Trinajstić information content (AvgIpc) is 3.77. The lowest BCUT2D eigenvalue weighted by atomic mass is 9.96. The summed E-state index contributed by atoms with van der Waals surface area (Å²) in [6.07, 6.45) is 7.92. The van der Waals surface area contributed by atoms with Crippen LogP contribution in [0, 0.1) is 18.7 Å². The van der Waals surface area contributed by atoms with Crippen molar-refractivity contribution in [3.8, 4) is 28.3 Å². The van der Waals surface area contributed by atoms with E-state index in [0.29, 0.717) is 36.1 Å². The van der Waals surface area contributed by atoms with Gasteiger partial charge in [-0.3, -0.25) is 19.6 Å². The van der Waals surface area contributed by atoms with Gasteiger partial charge in [0, 0.05) is 98.6 Å². The van der Waals surface area contributed by atoms with Crippen LogP contribution in [0.15, 0.2) is 73.3 Å². The van der Waals surface area contributed by atoms with Crippen molar-refractivity contribution in [3.05, 3.63) is 90.4 Å². The van der Waals surface area contributed by atoms with Crippen molar-refractivity contribution in [3.63, 3.8) is 0 Å². The van der Waals surface area contributed by atoms with Crippen molar-refractivity contribution in [2.45, 2.75) is 57.7 Å². The molecule has 1 unspecified atom stereocenters. The van der Waals surface area contributed by atoms with Gasteiger partial charge in [0.15, 0.2) is 11.6 Å². The second kappa shape index (κ2) is 15.2. The summed E-state index contributed by atoms with van der Waals surface area (Å²) < 4.78 is 24.9. The molecule has 0 bridgehead atoms. The maximum absolute atomic E-state index is 14.5. The fourth-order valence-electron chi connectivity index (χ4n) is 8.13. The fraction of sp³-hybridized carbons (Fsp3) is 0.390. The number of nitrogens with one attached hydrogen (secondary N) is 2. The first-order valence-electron chi connectivity index (χ1n) is 19.0. The van der Waals surface area contributed by atoms with Gasteiger partial charge in [-0.2, -0.15) is 5.10 Å². The van der Waals surface area contributed by atoms with E-state index in [0.717, 1.165) is 79.5 Å². The monoisotopic (exact) mass is 746 g/mol. The summed E-state index contributed by atoms with van der Waals surface area (Å²) >= 11 is 0. The molecule has 8 rings (SSSR count). The number of imidazole rings is 1. The summed E-state index contributed by atoms with van der Waals surface area (Å²) in [5.74, 6) is 0.473. The Bertz CT molecular complexity index is 2190. The summed E-state index contributed by atoms with van der Waals surface area (Å²) in [6, 6.07) is 16.6. The number of piperidine rings is 2. The normalized spacial score (nSPS) is 18.9. The molecule has 14 heteroatoms. The molecule has 13 nitrogen and oxygen atoms in total. The highest BCUT2D eigenvalue weighted by Gasteiger charge is 2.32. The molecule has 0 aliphatic carbocycles. The van der Waals surface area contributed by atoms with Gasteiger partial charge in [0.25, 0.3) is 0 Å². The summed E-state index contributed by atoms with van der Waals surface area (Å²) in [5, 5.41) is 10.2. The average molecular weight is 747 g/mol. The molecule has 0 radical (unpaired) electrons. The highest BCUT2D eigenvalue weighted by Crippen LogP contribution is 2.37. The number of rotatable bonds is 11. The number of carbonyl (C=O) groups excluding carboxylic acids is 2. The largest absolute Gasteiger partial charge is 0.482 e. The molecule has 55 heavy (non-hydrogen) atoms. The van der Waals surface area contributed by atoms with Gasteiger partial charge in [-0.25, -0.2) is 14.4 Å². The van der Waals surface area contributed by atoms with Crippen LogP contribution < -0.4 is 26.0 Å². The third kappa shape index (κ3) is 7.77. The predicted molar refractivity (Wildman–Crippen MR) is 209 cm³/mol. The van der Waals surface area contributed by atoms with Crippen molar-refractivity contribution in [2.24, 2.45) is 13.0 Å². The molecule has 3 aromatic heterocycles. The number of ether oxygens (including phenoxy) is 1. The van der Waals surface area contributed by atoms with Gasteiger partial charge in [0.05, 0.1) is 23.4 Å². The Morgan fingerprint density at radius 1 is 1.04 bits per heavy atom. The number of nitrogens with zero attached hydrogens (tertiary/aromatic N) is 7. The van der Waals surface area contributed by atoms with E-state index >= 15 is 0 Å². The summed E-state index contributed by atoms with van der Waals surface area (Å²) in [7, 11) is 1.85. The number of nitrogen functional groups attached to an aromatic ring is 1. The number of halogens is 1. The number of aromatic nitrogens is 5. The molecule has 2 aromatic carbocycles. The van der Waals surface area contributed by atoms with Gasteiger partial charge in [-0.1, -0.05) is 0 Å². The summed E-state index contributed by atoms with van der Waals surface area (Å²) in [5.41, 5.74) is 13.4. The van der Waals surface area contributed by atoms with Gasteiger partial charge in [-0.15, -0.1) is 0 Å². The van der Waals surface area contributed by atoms with Crippen molar-refractivity contribution in [2.75, 3.05) is 48.7 Å². The number of anilines is 3. The first-order chi connectivity index (χ1) is 26.6. The van der Waals surface area contributed by atoms with Crippen LogP contribution in [0.3, 0.4) is 0 Å². The number of pyridine rings is 1. The van der Waals surface area contributed by atoms with E-state index in [1.54, 1.807) is 16.9 Å². The van der Waals surface area contributed by atoms with Crippen LogP contribution in [-0.2, 0) is 16.6 Å². The molecule has 0 spiro atoms. The Morgan fingerprint density at radius 3 is 2.55 bits per heavy atom. The van der Waals surface area contributed by atoms with E-state index in [1.165, 1.54) is 17.8 Å². The molecule has 3 aliphatic rings. The number of hydrogen-bond acceptors (Lipinski definition) is 10. The number of aryl methyl sites for hydroxylation is 2. The van der Waals surface area contributed by atoms with Crippen molar-refractivity contribution in [1.82, 2.24) is 34.5 Å². The molecule has 3 saturated heterocycles. The van der Waals surface area contributed by atoms with Gasteiger partial charge in [0.2, 0.25) is 11.8 Å². The topological polar surface area (TPSA) is 148 Å². The van der Waals surface area contributed by atoms with Crippen molar-refractivity contribution in [1.29, 1.82) is 0 Å². The lowest BCUT2D eigenvalue weighted by Crippen LogP contribution is -2.52. The van der Waals surface area contributed by atoms with Crippen LogP contribution in [0.2, 0.25) is 0 Å². The van der Waals surface area contributed by atoms with Crippen LogP contribution >= 0.6 is 0 Å². The van der Waals surface area contributed by atoms with E-state index in [2.05, 4.69) is 47.2 Å². The zero-order valence-electron chi connectivity index (χ0n) is 31.4.